The summed E-state index contributed by atoms with van der Waals surface area (Å²) < 4.78 is 0.683. The lowest BCUT2D eigenvalue weighted by Crippen LogP contribution is -2.52. The third kappa shape index (κ3) is 3.21. The first-order valence-corrected chi connectivity index (χ1v) is 4.13. The van der Waals surface area contributed by atoms with Gasteiger partial charge in [0.05, 0.1) is 21.1 Å². The molecule has 0 amide bonds. The zero-order valence-electron chi connectivity index (χ0n) is 8.26. The Morgan fingerprint density at radius 3 is 2.00 bits per heavy atom. The molecule has 3 heteroatoms. The van der Waals surface area contributed by atoms with Gasteiger partial charge in [0.15, 0.2) is 5.54 Å². The molecule has 0 aliphatic heterocycles. The molecule has 0 heterocycles. The summed E-state index contributed by atoms with van der Waals surface area (Å²) in [4.78, 5) is 0. The molecule has 0 saturated carbocycles. The third-order valence-corrected chi connectivity index (χ3v) is 2.25. The molecule has 68 valence electrons. The van der Waals surface area contributed by atoms with Crippen molar-refractivity contribution in [2.24, 2.45) is 0 Å². The average Bonchev–Trinajstić information content (AvgIpc) is 1.81. The summed E-state index contributed by atoms with van der Waals surface area (Å²) in [5.74, 6) is 5.27. The summed E-state index contributed by atoms with van der Waals surface area (Å²) in [5.41, 5.74) is -0.242. The number of hydrogen-bond donors (Lipinski definition) is 0. The molecule has 0 N–H and O–H groups in total. The first-order chi connectivity index (χ1) is 5.17. The predicted octanol–water partition coefficient (Wildman–Crippen LogP) is 0.162. The van der Waals surface area contributed by atoms with Gasteiger partial charge in [0.1, 0.15) is 0 Å². The molecule has 0 fully saturated rings. The van der Waals surface area contributed by atoms with Crippen molar-refractivity contribution < 1.29 is 9.59 Å². The Hall–Kier alpha value is -0.590. The minimum atomic E-state index is -0.489. The minimum Gasteiger partial charge on any atom is -0.858 e. The lowest BCUT2D eigenvalue weighted by Gasteiger charge is -2.37. The molecule has 0 unspecified atom stereocenters. The van der Waals surface area contributed by atoms with Crippen molar-refractivity contribution in [3.63, 3.8) is 0 Å². The zero-order valence-corrected chi connectivity index (χ0v) is 9.08. The van der Waals surface area contributed by atoms with Crippen LogP contribution in [0.4, 0.5) is 0 Å². The lowest BCUT2D eigenvalue weighted by atomic mass is 10.0. The van der Waals surface area contributed by atoms with Crippen LogP contribution in [0.3, 0.4) is 0 Å². The van der Waals surface area contributed by atoms with Gasteiger partial charge in [-0.15, -0.1) is 0 Å². The highest BCUT2D eigenvalue weighted by molar-refractivity contribution is 7.80. The van der Waals surface area contributed by atoms with Gasteiger partial charge >= 0.3 is 0 Å². The summed E-state index contributed by atoms with van der Waals surface area (Å²) >= 11 is 4.35. The highest BCUT2D eigenvalue weighted by Crippen LogP contribution is 2.15. The Kier molecular flexibility index (Phi) is 3.25. The molecule has 0 aromatic rings. The van der Waals surface area contributed by atoms with Crippen LogP contribution in [0.1, 0.15) is 13.8 Å². The van der Waals surface area contributed by atoms with E-state index in [4.69, 9.17) is 0 Å². The van der Waals surface area contributed by atoms with Crippen LogP contribution in [0.5, 0.6) is 0 Å². The fraction of sp³-hybridized carbons (Fsp3) is 0.667. The van der Waals surface area contributed by atoms with Crippen LogP contribution in [0.15, 0.2) is 0 Å². The van der Waals surface area contributed by atoms with Crippen molar-refractivity contribution in [2.45, 2.75) is 19.4 Å². The third-order valence-electron chi connectivity index (χ3n) is 2.15. The second kappa shape index (κ2) is 3.42. The van der Waals surface area contributed by atoms with E-state index in [9.17, 15) is 5.11 Å². The van der Waals surface area contributed by atoms with Crippen molar-refractivity contribution in [1.29, 1.82) is 0 Å². The standard InChI is InChI=1S/C9H15NOS/c1-9(2,10(3,4)5)7-6-8(11)12/h1-5H3. The van der Waals surface area contributed by atoms with Crippen LogP contribution < -0.4 is 5.11 Å². The van der Waals surface area contributed by atoms with Gasteiger partial charge in [0, 0.05) is 18.9 Å². The van der Waals surface area contributed by atoms with Crippen molar-refractivity contribution in [2.75, 3.05) is 21.1 Å². The number of nitrogens with zero attached hydrogens (tertiary/aromatic N) is 1. The Labute approximate surface area is 79.8 Å². The average molecular weight is 185 g/mol. The molecule has 0 aromatic heterocycles. The number of rotatable bonds is 1. The fourth-order valence-electron chi connectivity index (χ4n) is 0.372. The molecule has 2 nitrogen and oxygen atoms in total. The van der Waals surface area contributed by atoms with E-state index in [2.05, 4.69) is 24.1 Å². The summed E-state index contributed by atoms with van der Waals surface area (Å²) in [7, 11) is 6.09. The van der Waals surface area contributed by atoms with E-state index < -0.39 is 5.05 Å². The van der Waals surface area contributed by atoms with Crippen molar-refractivity contribution >= 4 is 17.3 Å². The van der Waals surface area contributed by atoms with E-state index in [1.165, 1.54) is 0 Å². The SMILES string of the molecule is CC(C)(C#CC([O-])=S)[N+](C)(C)C. The number of thiocarbonyl (C=S) groups is 1. The molecule has 0 aliphatic rings. The Morgan fingerprint density at radius 1 is 1.33 bits per heavy atom. The molecule has 0 atom stereocenters. The van der Waals surface area contributed by atoms with Crippen LogP contribution >= 0.6 is 12.2 Å². The monoisotopic (exact) mass is 185 g/mol. The van der Waals surface area contributed by atoms with Gasteiger partial charge in [-0.05, 0) is 5.92 Å². The Morgan fingerprint density at radius 2 is 1.75 bits per heavy atom. The van der Waals surface area contributed by atoms with Crippen LogP contribution in [0.2, 0.25) is 0 Å². The van der Waals surface area contributed by atoms with Gasteiger partial charge in [-0.3, -0.25) is 0 Å². The van der Waals surface area contributed by atoms with E-state index in [1.807, 2.05) is 35.0 Å². The van der Waals surface area contributed by atoms with Crippen LogP contribution in [0, 0.1) is 11.8 Å². The van der Waals surface area contributed by atoms with Crippen LogP contribution in [-0.4, -0.2) is 36.2 Å². The first-order valence-electron chi connectivity index (χ1n) is 3.72. The maximum Gasteiger partial charge on any atom is 0.154 e. The van der Waals surface area contributed by atoms with Gasteiger partial charge in [0.25, 0.3) is 0 Å². The van der Waals surface area contributed by atoms with Crippen LogP contribution in [-0.2, 0) is 0 Å². The second-order valence-corrected chi connectivity index (χ2v) is 4.48. The molecule has 0 saturated heterocycles. The maximum absolute atomic E-state index is 10.5. The number of hydrogen-bond acceptors (Lipinski definition) is 2. The quantitative estimate of drug-likeness (QED) is 0.330. The molecule has 0 aliphatic carbocycles. The van der Waals surface area contributed by atoms with E-state index in [1.54, 1.807) is 0 Å². The highest BCUT2D eigenvalue weighted by Gasteiger charge is 2.30. The van der Waals surface area contributed by atoms with Gasteiger partial charge in [-0.2, -0.15) is 0 Å². The summed E-state index contributed by atoms with van der Waals surface area (Å²) in [6.45, 7) is 3.97. The molecule has 12 heavy (non-hydrogen) atoms. The smallest absolute Gasteiger partial charge is 0.154 e. The fourth-order valence-corrected chi connectivity index (χ4v) is 0.423. The van der Waals surface area contributed by atoms with Crippen LogP contribution in [0.25, 0.3) is 0 Å². The summed E-state index contributed by atoms with van der Waals surface area (Å²) in [6, 6.07) is 0. The first kappa shape index (κ1) is 11.4. The molecule has 0 aromatic carbocycles. The predicted molar refractivity (Wildman–Crippen MR) is 52.5 cm³/mol. The highest BCUT2D eigenvalue weighted by atomic mass is 32.1. The molecule has 0 spiro atoms. The molecule has 0 rings (SSSR count). The van der Waals surface area contributed by atoms with E-state index in [0.717, 1.165) is 0 Å². The zero-order chi connectivity index (χ0) is 9.99. The molecule has 0 radical (unpaired) electrons. The van der Waals surface area contributed by atoms with Gasteiger partial charge in [-0.25, -0.2) is 0 Å². The topological polar surface area (TPSA) is 23.1 Å². The largest absolute Gasteiger partial charge is 0.858 e. The van der Waals surface area contributed by atoms with Crippen molar-refractivity contribution in [1.82, 2.24) is 0 Å². The second-order valence-electron chi connectivity index (χ2n) is 4.11. The number of quaternary nitrogens is 1. The molecular formula is C9H15NOS. The summed E-state index contributed by atoms with van der Waals surface area (Å²) in [5, 5.41) is 9.96. The van der Waals surface area contributed by atoms with Gasteiger partial charge in [-0.1, -0.05) is 18.1 Å². The van der Waals surface area contributed by atoms with E-state index in [-0.39, 0.29) is 5.54 Å². The van der Waals surface area contributed by atoms with Gasteiger partial charge in [0.2, 0.25) is 0 Å². The maximum atomic E-state index is 10.5. The Balaban J connectivity index is 4.69. The Bertz CT molecular complexity index is 239. The van der Waals surface area contributed by atoms with Gasteiger partial charge < -0.3 is 9.59 Å². The summed E-state index contributed by atoms with van der Waals surface area (Å²) in [6.07, 6.45) is 0. The lowest BCUT2D eigenvalue weighted by molar-refractivity contribution is -0.909. The van der Waals surface area contributed by atoms with E-state index >= 15 is 0 Å². The van der Waals surface area contributed by atoms with E-state index in [0.29, 0.717) is 4.48 Å². The molecular weight excluding hydrogens is 170 g/mol. The normalized spacial score (nSPS) is 11.8. The van der Waals surface area contributed by atoms with Crippen molar-refractivity contribution in [3.8, 4) is 11.8 Å². The van der Waals surface area contributed by atoms with Crippen molar-refractivity contribution in [3.05, 3.63) is 0 Å². The molecule has 0 bridgehead atoms. The minimum absolute atomic E-state index is 0.242.